The Labute approximate surface area is 123 Å². The molecule has 2 atom stereocenters. The van der Waals surface area contributed by atoms with Crippen LogP contribution in [0.2, 0.25) is 0 Å². The predicted octanol–water partition coefficient (Wildman–Crippen LogP) is 3.37. The number of hydrogen-bond acceptors (Lipinski definition) is 3. The van der Waals surface area contributed by atoms with Gasteiger partial charge in [-0.2, -0.15) is 0 Å². The molecule has 112 valence electrons. The van der Waals surface area contributed by atoms with E-state index in [4.69, 9.17) is 5.73 Å². The van der Waals surface area contributed by atoms with E-state index in [9.17, 15) is 0 Å². The molecule has 1 fully saturated rings. The zero-order valence-electron chi connectivity index (χ0n) is 13.1. The highest BCUT2D eigenvalue weighted by atomic mass is 15.2. The van der Waals surface area contributed by atoms with Crippen molar-refractivity contribution in [1.82, 2.24) is 9.88 Å². The summed E-state index contributed by atoms with van der Waals surface area (Å²) in [6.45, 7) is 7.83. The van der Waals surface area contributed by atoms with Crippen molar-refractivity contribution in [1.29, 1.82) is 0 Å². The molecular weight excluding hydrogens is 246 g/mol. The first kappa shape index (κ1) is 15.5. The van der Waals surface area contributed by atoms with Gasteiger partial charge in [-0.25, -0.2) is 0 Å². The van der Waals surface area contributed by atoms with E-state index in [1.165, 1.54) is 31.2 Å². The maximum absolute atomic E-state index is 6.34. The molecule has 2 N–H and O–H groups in total. The molecule has 3 nitrogen and oxygen atoms in total. The molecule has 1 saturated carbocycles. The Morgan fingerprint density at radius 3 is 2.50 bits per heavy atom. The first-order valence-electron chi connectivity index (χ1n) is 8.01. The molecule has 2 rings (SSSR count). The summed E-state index contributed by atoms with van der Waals surface area (Å²) in [7, 11) is 0. The van der Waals surface area contributed by atoms with Gasteiger partial charge in [-0.15, -0.1) is 0 Å². The second-order valence-corrected chi connectivity index (χ2v) is 6.62. The van der Waals surface area contributed by atoms with Gasteiger partial charge in [0.1, 0.15) is 0 Å². The SMILES string of the molecule is CC(C)CN(C1CCCC1)C(c1cccnc1)C(C)N. The summed E-state index contributed by atoms with van der Waals surface area (Å²) in [5.74, 6) is 0.661. The molecule has 0 saturated heterocycles. The number of rotatable bonds is 6. The highest BCUT2D eigenvalue weighted by Crippen LogP contribution is 2.33. The number of nitrogens with two attached hydrogens (primary N) is 1. The molecule has 0 bridgehead atoms. The fraction of sp³-hybridized carbons (Fsp3) is 0.706. The largest absolute Gasteiger partial charge is 0.326 e. The van der Waals surface area contributed by atoms with Crippen LogP contribution >= 0.6 is 0 Å². The van der Waals surface area contributed by atoms with Crippen LogP contribution in [-0.4, -0.2) is 28.5 Å². The minimum absolute atomic E-state index is 0.124. The van der Waals surface area contributed by atoms with E-state index in [2.05, 4.69) is 36.7 Å². The van der Waals surface area contributed by atoms with Gasteiger partial charge in [0.15, 0.2) is 0 Å². The first-order valence-corrected chi connectivity index (χ1v) is 8.01. The van der Waals surface area contributed by atoms with Gasteiger partial charge >= 0.3 is 0 Å². The summed E-state index contributed by atoms with van der Waals surface area (Å²) < 4.78 is 0. The van der Waals surface area contributed by atoms with Gasteiger partial charge in [0.05, 0.1) is 6.04 Å². The molecule has 0 amide bonds. The number of pyridine rings is 1. The fourth-order valence-corrected chi connectivity index (χ4v) is 3.50. The smallest absolute Gasteiger partial charge is 0.0514 e. The normalized spacial score (nSPS) is 19.7. The van der Waals surface area contributed by atoms with Crippen LogP contribution in [0.5, 0.6) is 0 Å². The van der Waals surface area contributed by atoms with Crippen molar-refractivity contribution in [2.24, 2.45) is 11.7 Å². The fourth-order valence-electron chi connectivity index (χ4n) is 3.50. The van der Waals surface area contributed by atoms with Crippen molar-refractivity contribution in [2.45, 2.75) is 64.6 Å². The van der Waals surface area contributed by atoms with Crippen molar-refractivity contribution >= 4 is 0 Å². The average Bonchev–Trinajstić information content (AvgIpc) is 2.92. The summed E-state index contributed by atoms with van der Waals surface area (Å²) >= 11 is 0. The molecule has 1 heterocycles. The van der Waals surface area contributed by atoms with Crippen LogP contribution in [0.15, 0.2) is 24.5 Å². The lowest BCUT2D eigenvalue weighted by atomic mass is 9.97. The van der Waals surface area contributed by atoms with E-state index in [1.54, 1.807) is 0 Å². The van der Waals surface area contributed by atoms with Gasteiger partial charge in [0, 0.05) is 31.0 Å². The monoisotopic (exact) mass is 275 g/mol. The molecule has 1 aliphatic rings. The van der Waals surface area contributed by atoms with Crippen LogP contribution in [0.25, 0.3) is 0 Å². The van der Waals surface area contributed by atoms with E-state index in [0.717, 1.165) is 6.54 Å². The standard InChI is InChI=1S/C17H29N3/c1-13(2)12-20(16-8-4-5-9-16)17(14(3)18)15-7-6-10-19-11-15/h6-7,10-11,13-14,16-17H,4-5,8-9,12,18H2,1-3H3. The van der Waals surface area contributed by atoms with E-state index >= 15 is 0 Å². The summed E-state index contributed by atoms with van der Waals surface area (Å²) in [4.78, 5) is 6.95. The summed E-state index contributed by atoms with van der Waals surface area (Å²) in [5.41, 5.74) is 7.60. The molecule has 1 aromatic rings. The van der Waals surface area contributed by atoms with Gasteiger partial charge in [-0.3, -0.25) is 9.88 Å². The summed E-state index contributed by atoms with van der Waals surface area (Å²) in [6, 6.07) is 5.29. The minimum atomic E-state index is 0.124. The Morgan fingerprint density at radius 1 is 1.30 bits per heavy atom. The van der Waals surface area contributed by atoms with E-state index in [-0.39, 0.29) is 12.1 Å². The topological polar surface area (TPSA) is 42.2 Å². The van der Waals surface area contributed by atoms with Crippen LogP contribution in [0, 0.1) is 5.92 Å². The van der Waals surface area contributed by atoms with E-state index in [1.807, 2.05) is 18.5 Å². The van der Waals surface area contributed by atoms with Crippen LogP contribution in [0.4, 0.5) is 0 Å². The lowest BCUT2D eigenvalue weighted by molar-refractivity contribution is 0.103. The Morgan fingerprint density at radius 2 is 2.00 bits per heavy atom. The molecule has 20 heavy (non-hydrogen) atoms. The molecule has 1 aromatic heterocycles. The number of hydrogen-bond donors (Lipinski definition) is 1. The highest BCUT2D eigenvalue weighted by Gasteiger charge is 2.32. The average molecular weight is 275 g/mol. The molecular formula is C17H29N3. The number of nitrogens with zero attached hydrogens (tertiary/aromatic N) is 2. The van der Waals surface area contributed by atoms with E-state index < -0.39 is 0 Å². The lowest BCUT2D eigenvalue weighted by Gasteiger charge is -2.40. The number of aromatic nitrogens is 1. The van der Waals surface area contributed by atoms with Gasteiger partial charge in [0.25, 0.3) is 0 Å². The second-order valence-electron chi connectivity index (χ2n) is 6.62. The van der Waals surface area contributed by atoms with Crippen molar-refractivity contribution in [3.8, 4) is 0 Å². The Kier molecular flexibility index (Phi) is 5.55. The molecule has 0 aromatic carbocycles. The van der Waals surface area contributed by atoms with Crippen molar-refractivity contribution < 1.29 is 0 Å². The molecule has 0 aliphatic heterocycles. The Bertz CT molecular complexity index is 382. The molecule has 3 heteroatoms. The quantitative estimate of drug-likeness (QED) is 0.865. The van der Waals surface area contributed by atoms with Crippen LogP contribution in [0.3, 0.4) is 0 Å². The molecule has 1 aliphatic carbocycles. The zero-order chi connectivity index (χ0) is 14.5. The predicted molar refractivity (Wildman–Crippen MR) is 84.4 cm³/mol. The second kappa shape index (κ2) is 7.19. The van der Waals surface area contributed by atoms with E-state index in [0.29, 0.717) is 12.0 Å². The van der Waals surface area contributed by atoms with Gasteiger partial charge < -0.3 is 5.73 Å². The van der Waals surface area contributed by atoms with Crippen LogP contribution in [0.1, 0.15) is 58.1 Å². The first-order chi connectivity index (χ1) is 9.59. The van der Waals surface area contributed by atoms with Crippen molar-refractivity contribution in [2.75, 3.05) is 6.54 Å². The molecule has 2 unspecified atom stereocenters. The Balaban J connectivity index is 2.26. The maximum atomic E-state index is 6.34. The summed E-state index contributed by atoms with van der Waals surface area (Å²) in [6.07, 6.45) is 9.17. The maximum Gasteiger partial charge on any atom is 0.0514 e. The Hall–Kier alpha value is -0.930. The van der Waals surface area contributed by atoms with Gasteiger partial charge in [-0.05, 0) is 37.3 Å². The van der Waals surface area contributed by atoms with Crippen LogP contribution < -0.4 is 5.73 Å². The van der Waals surface area contributed by atoms with Crippen molar-refractivity contribution in [3.05, 3.63) is 30.1 Å². The van der Waals surface area contributed by atoms with Crippen LogP contribution in [-0.2, 0) is 0 Å². The third kappa shape index (κ3) is 3.80. The van der Waals surface area contributed by atoms with Gasteiger partial charge in [-0.1, -0.05) is 32.8 Å². The lowest BCUT2D eigenvalue weighted by Crippen LogP contribution is -2.46. The summed E-state index contributed by atoms with van der Waals surface area (Å²) in [5, 5.41) is 0. The van der Waals surface area contributed by atoms with Gasteiger partial charge in [0.2, 0.25) is 0 Å². The van der Waals surface area contributed by atoms with Crippen molar-refractivity contribution in [3.63, 3.8) is 0 Å². The molecule has 0 spiro atoms. The molecule has 0 radical (unpaired) electrons. The highest BCUT2D eigenvalue weighted by molar-refractivity contribution is 5.16. The zero-order valence-corrected chi connectivity index (χ0v) is 13.1. The third-order valence-corrected chi connectivity index (χ3v) is 4.25. The minimum Gasteiger partial charge on any atom is -0.326 e. The third-order valence-electron chi connectivity index (χ3n) is 4.25.